The van der Waals surface area contributed by atoms with Gasteiger partial charge in [-0.25, -0.2) is 0 Å². The molecule has 0 amide bonds. The standard InChI is InChI=1S/C25H28O/c1-17(2)15-22-16-18(3)19(4)23(20-11-7-5-8-12-20)24(22)25(26)21-13-9-6-10-14-21/h5-16,19,22-24H,1-4H3/t19-,22+,23-,24+/m0/s1. The van der Waals surface area contributed by atoms with Crippen molar-refractivity contribution < 1.29 is 4.79 Å². The van der Waals surface area contributed by atoms with Crippen LogP contribution in [0.5, 0.6) is 0 Å². The molecule has 1 nitrogen and oxygen atoms in total. The minimum atomic E-state index is -0.0756. The Labute approximate surface area is 157 Å². The van der Waals surface area contributed by atoms with Crippen molar-refractivity contribution >= 4 is 5.78 Å². The third-order valence-electron chi connectivity index (χ3n) is 5.59. The normalized spacial score (nSPS) is 25.3. The van der Waals surface area contributed by atoms with E-state index in [1.54, 1.807) is 0 Å². The summed E-state index contributed by atoms with van der Waals surface area (Å²) in [5.74, 6) is 0.839. The third-order valence-corrected chi connectivity index (χ3v) is 5.59. The highest BCUT2D eigenvalue weighted by molar-refractivity contribution is 5.99. The smallest absolute Gasteiger partial charge is 0.167 e. The lowest BCUT2D eigenvalue weighted by atomic mass is 9.63. The van der Waals surface area contributed by atoms with Crippen LogP contribution in [0.4, 0.5) is 0 Å². The van der Waals surface area contributed by atoms with E-state index in [-0.39, 0.29) is 23.5 Å². The van der Waals surface area contributed by atoms with E-state index in [2.05, 4.69) is 64.1 Å². The van der Waals surface area contributed by atoms with Crippen molar-refractivity contribution in [3.63, 3.8) is 0 Å². The Kier molecular flexibility index (Phi) is 5.56. The Morgan fingerprint density at radius 2 is 1.50 bits per heavy atom. The molecule has 0 bridgehead atoms. The van der Waals surface area contributed by atoms with Gasteiger partial charge in [0.05, 0.1) is 0 Å². The van der Waals surface area contributed by atoms with Crippen molar-refractivity contribution in [1.29, 1.82) is 0 Å². The molecule has 0 spiro atoms. The third kappa shape index (κ3) is 3.72. The fraction of sp³-hybridized carbons (Fsp3) is 0.320. The molecule has 1 aliphatic carbocycles. The first-order valence-corrected chi connectivity index (χ1v) is 9.46. The number of benzene rings is 2. The Hall–Kier alpha value is -2.41. The van der Waals surface area contributed by atoms with Gasteiger partial charge in [-0.15, -0.1) is 0 Å². The molecule has 0 radical (unpaired) electrons. The van der Waals surface area contributed by atoms with Gasteiger partial charge in [0.25, 0.3) is 0 Å². The van der Waals surface area contributed by atoms with Crippen LogP contribution in [0.1, 0.15) is 49.5 Å². The number of hydrogen-bond acceptors (Lipinski definition) is 1. The maximum Gasteiger partial charge on any atom is 0.167 e. The Morgan fingerprint density at radius 3 is 2.08 bits per heavy atom. The highest BCUT2D eigenvalue weighted by Gasteiger charge is 2.41. The molecule has 0 unspecified atom stereocenters. The molecule has 3 rings (SSSR count). The van der Waals surface area contributed by atoms with E-state index >= 15 is 0 Å². The van der Waals surface area contributed by atoms with Crippen molar-refractivity contribution in [2.75, 3.05) is 0 Å². The van der Waals surface area contributed by atoms with Crippen LogP contribution in [0, 0.1) is 17.8 Å². The van der Waals surface area contributed by atoms with E-state index in [1.165, 1.54) is 16.7 Å². The summed E-state index contributed by atoms with van der Waals surface area (Å²) >= 11 is 0. The highest BCUT2D eigenvalue weighted by Crippen LogP contribution is 2.46. The first-order chi connectivity index (χ1) is 12.5. The molecule has 1 heteroatoms. The van der Waals surface area contributed by atoms with Crippen molar-refractivity contribution in [2.45, 2.75) is 33.6 Å². The molecule has 0 aliphatic heterocycles. The lowest BCUT2D eigenvalue weighted by Crippen LogP contribution is -2.36. The summed E-state index contributed by atoms with van der Waals surface area (Å²) in [5.41, 5.74) is 4.70. The van der Waals surface area contributed by atoms with E-state index in [0.29, 0.717) is 5.92 Å². The summed E-state index contributed by atoms with van der Waals surface area (Å²) < 4.78 is 0. The van der Waals surface area contributed by atoms with E-state index < -0.39 is 0 Å². The summed E-state index contributed by atoms with van der Waals surface area (Å²) in [6, 6.07) is 20.3. The summed E-state index contributed by atoms with van der Waals surface area (Å²) in [6.45, 7) is 8.69. The van der Waals surface area contributed by atoms with Gasteiger partial charge in [-0.05, 0) is 32.3 Å². The summed E-state index contributed by atoms with van der Waals surface area (Å²) in [6.07, 6.45) is 4.57. The van der Waals surface area contributed by atoms with Gasteiger partial charge < -0.3 is 0 Å². The van der Waals surface area contributed by atoms with Gasteiger partial charge in [0.1, 0.15) is 0 Å². The van der Waals surface area contributed by atoms with Gasteiger partial charge >= 0.3 is 0 Å². The average molecular weight is 344 g/mol. The van der Waals surface area contributed by atoms with Crippen LogP contribution in [0.2, 0.25) is 0 Å². The van der Waals surface area contributed by atoms with Crippen molar-refractivity contribution in [2.24, 2.45) is 17.8 Å². The number of carbonyl (C=O) groups is 1. The fourth-order valence-electron chi connectivity index (χ4n) is 4.23. The monoisotopic (exact) mass is 344 g/mol. The molecule has 0 saturated carbocycles. The second-order valence-corrected chi connectivity index (χ2v) is 7.71. The average Bonchev–Trinajstić information content (AvgIpc) is 2.64. The van der Waals surface area contributed by atoms with E-state index in [0.717, 1.165) is 5.56 Å². The number of ketones is 1. The number of rotatable bonds is 4. The maximum absolute atomic E-state index is 13.6. The second kappa shape index (κ2) is 7.86. The fourth-order valence-corrected chi connectivity index (χ4v) is 4.23. The van der Waals surface area contributed by atoms with Gasteiger partial charge in [0.2, 0.25) is 0 Å². The first kappa shape index (κ1) is 18.4. The molecule has 0 N–H and O–H groups in total. The van der Waals surface area contributed by atoms with E-state index in [1.807, 2.05) is 36.4 Å². The van der Waals surface area contributed by atoms with Crippen LogP contribution in [-0.4, -0.2) is 5.78 Å². The molecular formula is C25H28O. The predicted octanol–water partition coefficient (Wildman–Crippen LogP) is 6.45. The minimum Gasteiger partial charge on any atom is -0.294 e. The zero-order valence-corrected chi connectivity index (χ0v) is 16.1. The van der Waals surface area contributed by atoms with E-state index in [9.17, 15) is 4.79 Å². The number of carbonyl (C=O) groups excluding carboxylic acids is 1. The molecule has 0 fully saturated rings. The first-order valence-electron chi connectivity index (χ1n) is 9.46. The van der Waals surface area contributed by atoms with Gasteiger partial charge in [-0.3, -0.25) is 4.79 Å². The Balaban J connectivity index is 2.14. The molecule has 0 aromatic heterocycles. The van der Waals surface area contributed by atoms with Crippen molar-refractivity contribution in [1.82, 2.24) is 0 Å². The minimum absolute atomic E-state index is 0.0756. The SMILES string of the molecule is CC(C)=C[C@@H]1C=C(C)[C@H](C)[C@@H](c2ccccc2)[C@@H]1C(=O)c1ccccc1. The van der Waals surface area contributed by atoms with Crippen LogP contribution >= 0.6 is 0 Å². The van der Waals surface area contributed by atoms with Gasteiger partial charge in [0, 0.05) is 23.3 Å². The van der Waals surface area contributed by atoms with Crippen LogP contribution in [-0.2, 0) is 0 Å². The Bertz CT molecular complexity index is 810. The van der Waals surface area contributed by atoms with Crippen molar-refractivity contribution in [3.8, 4) is 0 Å². The van der Waals surface area contributed by atoms with Gasteiger partial charge in [0.15, 0.2) is 5.78 Å². The summed E-state index contributed by atoms with van der Waals surface area (Å²) in [5, 5.41) is 0. The van der Waals surface area contributed by atoms with Crippen LogP contribution < -0.4 is 0 Å². The van der Waals surface area contributed by atoms with Gasteiger partial charge in [-0.1, -0.05) is 90.9 Å². The number of hydrogen-bond donors (Lipinski definition) is 0. The molecule has 0 saturated heterocycles. The summed E-state index contributed by atoms with van der Waals surface area (Å²) in [7, 11) is 0. The zero-order valence-electron chi connectivity index (χ0n) is 16.1. The summed E-state index contributed by atoms with van der Waals surface area (Å²) in [4.78, 5) is 13.6. The molecule has 26 heavy (non-hydrogen) atoms. The van der Waals surface area contributed by atoms with E-state index in [4.69, 9.17) is 0 Å². The van der Waals surface area contributed by atoms with Gasteiger partial charge in [-0.2, -0.15) is 0 Å². The second-order valence-electron chi connectivity index (χ2n) is 7.71. The molecule has 0 heterocycles. The van der Waals surface area contributed by atoms with Crippen molar-refractivity contribution in [3.05, 3.63) is 95.1 Å². The lowest BCUT2D eigenvalue weighted by molar-refractivity contribution is 0.0853. The predicted molar refractivity (Wildman–Crippen MR) is 109 cm³/mol. The molecule has 2 aromatic carbocycles. The largest absolute Gasteiger partial charge is 0.294 e. The number of Topliss-reactive ketones (excluding diaryl/α,β-unsaturated/α-hetero) is 1. The zero-order chi connectivity index (χ0) is 18.7. The number of allylic oxidation sites excluding steroid dienone is 4. The molecule has 2 aromatic rings. The maximum atomic E-state index is 13.6. The van der Waals surface area contributed by atoms with Crippen LogP contribution in [0.15, 0.2) is 84.0 Å². The Morgan fingerprint density at radius 1 is 0.923 bits per heavy atom. The quantitative estimate of drug-likeness (QED) is 0.460. The van der Waals surface area contributed by atoms with Crippen LogP contribution in [0.25, 0.3) is 0 Å². The highest BCUT2D eigenvalue weighted by atomic mass is 16.1. The molecule has 1 aliphatic rings. The lowest BCUT2D eigenvalue weighted by Gasteiger charge is -2.40. The topological polar surface area (TPSA) is 17.1 Å². The molecule has 4 atom stereocenters. The molecular weight excluding hydrogens is 316 g/mol. The molecule has 134 valence electrons. The van der Waals surface area contributed by atoms with Crippen LogP contribution in [0.3, 0.4) is 0 Å².